The number of amides is 1. The molecule has 1 aliphatic heterocycles. The monoisotopic (exact) mass is 267 g/mol. The minimum absolute atomic E-state index is 0.0675. The van der Waals surface area contributed by atoms with Gasteiger partial charge < -0.3 is 15.5 Å². The van der Waals surface area contributed by atoms with E-state index in [1.807, 2.05) is 14.0 Å². The van der Waals surface area contributed by atoms with Crippen LogP contribution in [0.15, 0.2) is 0 Å². The van der Waals surface area contributed by atoms with Gasteiger partial charge in [0.1, 0.15) is 0 Å². The summed E-state index contributed by atoms with van der Waals surface area (Å²) >= 11 is 0. The van der Waals surface area contributed by atoms with E-state index in [4.69, 9.17) is 0 Å². The van der Waals surface area contributed by atoms with Crippen LogP contribution in [0.2, 0.25) is 0 Å². The van der Waals surface area contributed by atoms with Crippen LogP contribution in [0.4, 0.5) is 0 Å². The highest BCUT2D eigenvalue weighted by atomic mass is 16.1. The minimum Gasteiger partial charge on any atom is -0.353 e. The number of carbonyl (C=O) groups is 1. The van der Waals surface area contributed by atoms with Crippen LogP contribution in [-0.4, -0.2) is 49.6 Å². The normalized spacial score (nSPS) is 24.5. The molecule has 1 heterocycles. The predicted octanol–water partition coefficient (Wildman–Crippen LogP) is 1.37. The molecule has 1 amide bonds. The number of hydrogen-bond acceptors (Lipinski definition) is 3. The van der Waals surface area contributed by atoms with Crippen molar-refractivity contribution in [3.8, 4) is 0 Å². The number of carbonyl (C=O) groups excluding carboxylic acids is 1. The minimum atomic E-state index is 0.0675. The van der Waals surface area contributed by atoms with Crippen LogP contribution < -0.4 is 10.6 Å². The lowest BCUT2D eigenvalue weighted by molar-refractivity contribution is -0.125. The second kappa shape index (κ2) is 7.25. The summed E-state index contributed by atoms with van der Waals surface area (Å²) in [7, 11) is 1.89. The molecule has 2 aliphatic rings. The molecule has 0 radical (unpaired) electrons. The van der Waals surface area contributed by atoms with Crippen LogP contribution in [0.25, 0.3) is 0 Å². The van der Waals surface area contributed by atoms with E-state index in [9.17, 15) is 4.79 Å². The molecule has 2 fully saturated rings. The van der Waals surface area contributed by atoms with Gasteiger partial charge in [-0.3, -0.25) is 4.79 Å². The lowest BCUT2D eigenvalue weighted by Gasteiger charge is -2.36. The van der Waals surface area contributed by atoms with Crippen molar-refractivity contribution in [1.82, 2.24) is 15.5 Å². The van der Waals surface area contributed by atoms with Crippen molar-refractivity contribution in [3.63, 3.8) is 0 Å². The molecule has 0 spiro atoms. The van der Waals surface area contributed by atoms with Gasteiger partial charge in [0.2, 0.25) is 5.91 Å². The van der Waals surface area contributed by atoms with Gasteiger partial charge in [-0.1, -0.05) is 19.8 Å². The van der Waals surface area contributed by atoms with E-state index in [1.54, 1.807) is 0 Å². The molecule has 1 aliphatic carbocycles. The molecule has 0 aromatic carbocycles. The Morgan fingerprint density at radius 3 is 2.42 bits per heavy atom. The van der Waals surface area contributed by atoms with Crippen molar-refractivity contribution in [3.05, 3.63) is 0 Å². The van der Waals surface area contributed by atoms with Gasteiger partial charge in [-0.2, -0.15) is 0 Å². The molecule has 1 atom stereocenters. The Hall–Kier alpha value is -0.610. The molecule has 2 rings (SSSR count). The summed E-state index contributed by atoms with van der Waals surface area (Å²) in [5.74, 6) is 0.270. The summed E-state index contributed by atoms with van der Waals surface area (Å²) in [6.45, 7) is 5.07. The van der Waals surface area contributed by atoms with E-state index < -0.39 is 0 Å². The smallest absolute Gasteiger partial charge is 0.224 e. The van der Waals surface area contributed by atoms with Gasteiger partial charge in [0.15, 0.2) is 0 Å². The van der Waals surface area contributed by atoms with Gasteiger partial charge in [0.05, 0.1) is 0 Å². The van der Waals surface area contributed by atoms with E-state index in [2.05, 4.69) is 15.5 Å². The lowest BCUT2D eigenvalue weighted by atomic mass is 10.0. The topological polar surface area (TPSA) is 44.4 Å². The largest absolute Gasteiger partial charge is 0.353 e. The fourth-order valence-electron chi connectivity index (χ4n) is 3.42. The molecular weight excluding hydrogens is 238 g/mol. The molecule has 0 aromatic heterocycles. The van der Waals surface area contributed by atoms with Gasteiger partial charge >= 0.3 is 0 Å². The van der Waals surface area contributed by atoms with Crippen molar-refractivity contribution in [2.75, 3.05) is 26.7 Å². The standard InChI is InChI=1S/C15H29N3O/c1-12(11-16-2)15(19)17-13-7-9-18(10-8-13)14-5-3-4-6-14/h12-14,16H,3-11H2,1-2H3,(H,17,19). The first-order valence-electron chi connectivity index (χ1n) is 7.89. The zero-order chi connectivity index (χ0) is 13.7. The lowest BCUT2D eigenvalue weighted by Crippen LogP contribution is -2.49. The summed E-state index contributed by atoms with van der Waals surface area (Å²) in [6, 6.07) is 1.23. The summed E-state index contributed by atoms with van der Waals surface area (Å²) in [5.41, 5.74) is 0. The third-order valence-electron chi connectivity index (χ3n) is 4.67. The van der Waals surface area contributed by atoms with Crippen LogP contribution in [-0.2, 0) is 4.79 Å². The van der Waals surface area contributed by atoms with Gasteiger partial charge in [-0.05, 0) is 32.7 Å². The average molecular weight is 267 g/mol. The van der Waals surface area contributed by atoms with Crippen molar-refractivity contribution in [2.45, 2.75) is 57.5 Å². The molecule has 2 N–H and O–H groups in total. The number of nitrogens with zero attached hydrogens (tertiary/aromatic N) is 1. The maximum absolute atomic E-state index is 12.0. The number of likely N-dealkylation sites (tertiary alicyclic amines) is 1. The third kappa shape index (κ3) is 4.18. The summed E-state index contributed by atoms with van der Waals surface area (Å²) in [5, 5.41) is 6.27. The van der Waals surface area contributed by atoms with E-state index in [0.717, 1.165) is 38.5 Å². The summed E-state index contributed by atoms with van der Waals surface area (Å²) < 4.78 is 0. The van der Waals surface area contributed by atoms with Gasteiger partial charge in [0, 0.05) is 37.6 Å². The molecular formula is C15H29N3O. The molecule has 4 heteroatoms. The Labute approximate surface area is 117 Å². The SMILES string of the molecule is CNCC(C)C(=O)NC1CCN(C2CCCC2)CC1. The maximum Gasteiger partial charge on any atom is 0.224 e. The molecule has 1 saturated heterocycles. The Balaban J connectivity index is 1.69. The molecule has 19 heavy (non-hydrogen) atoms. The fraction of sp³-hybridized carbons (Fsp3) is 0.933. The van der Waals surface area contributed by atoms with E-state index in [-0.39, 0.29) is 11.8 Å². The average Bonchev–Trinajstić information content (AvgIpc) is 2.94. The van der Waals surface area contributed by atoms with Crippen molar-refractivity contribution in [2.24, 2.45) is 5.92 Å². The second-order valence-electron chi connectivity index (χ2n) is 6.22. The Morgan fingerprint density at radius 2 is 1.84 bits per heavy atom. The van der Waals surface area contributed by atoms with Gasteiger partial charge in [0.25, 0.3) is 0 Å². The first kappa shape index (κ1) is 14.8. The van der Waals surface area contributed by atoms with Crippen LogP contribution in [0.3, 0.4) is 0 Å². The van der Waals surface area contributed by atoms with Crippen LogP contribution >= 0.6 is 0 Å². The Bertz CT molecular complexity index is 281. The third-order valence-corrected chi connectivity index (χ3v) is 4.67. The Morgan fingerprint density at radius 1 is 1.21 bits per heavy atom. The van der Waals surface area contributed by atoms with Gasteiger partial charge in [-0.15, -0.1) is 0 Å². The Kier molecular flexibility index (Phi) is 5.64. The molecule has 0 aromatic rings. The van der Waals surface area contributed by atoms with Crippen molar-refractivity contribution >= 4 is 5.91 Å². The van der Waals surface area contributed by atoms with E-state index in [0.29, 0.717) is 6.04 Å². The van der Waals surface area contributed by atoms with Crippen LogP contribution in [0, 0.1) is 5.92 Å². The van der Waals surface area contributed by atoms with E-state index in [1.165, 1.54) is 25.7 Å². The first-order valence-corrected chi connectivity index (χ1v) is 7.89. The van der Waals surface area contributed by atoms with Crippen molar-refractivity contribution in [1.29, 1.82) is 0 Å². The maximum atomic E-state index is 12.0. The highest BCUT2D eigenvalue weighted by Crippen LogP contribution is 2.26. The summed E-state index contributed by atoms with van der Waals surface area (Å²) in [6.07, 6.45) is 7.82. The summed E-state index contributed by atoms with van der Waals surface area (Å²) in [4.78, 5) is 14.6. The highest BCUT2D eigenvalue weighted by molar-refractivity contribution is 5.78. The van der Waals surface area contributed by atoms with Crippen LogP contribution in [0.5, 0.6) is 0 Å². The molecule has 0 bridgehead atoms. The molecule has 1 unspecified atom stereocenters. The highest BCUT2D eigenvalue weighted by Gasteiger charge is 2.28. The predicted molar refractivity (Wildman–Crippen MR) is 78.1 cm³/mol. The van der Waals surface area contributed by atoms with Gasteiger partial charge in [-0.25, -0.2) is 0 Å². The fourth-order valence-corrected chi connectivity index (χ4v) is 3.42. The number of rotatable bonds is 5. The second-order valence-corrected chi connectivity index (χ2v) is 6.22. The molecule has 1 saturated carbocycles. The zero-order valence-electron chi connectivity index (χ0n) is 12.5. The van der Waals surface area contributed by atoms with Crippen molar-refractivity contribution < 1.29 is 4.79 Å². The first-order chi connectivity index (χ1) is 9.20. The molecule has 4 nitrogen and oxygen atoms in total. The number of piperidine rings is 1. The van der Waals surface area contributed by atoms with Crippen LogP contribution in [0.1, 0.15) is 45.4 Å². The van der Waals surface area contributed by atoms with E-state index >= 15 is 0 Å². The zero-order valence-corrected chi connectivity index (χ0v) is 12.5. The quantitative estimate of drug-likeness (QED) is 0.790. The molecule has 110 valence electrons. The number of nitrogens with one attached hydrogen (secondary N) is 2. The number of hydrogen-bond donors (Lipinski definition) is 2.